The summed E-state index contributed by atoms with van der Waals surface area (Å²) in [5, 5.41) is 2.85. The first-order chi connectivity index (χ1) is 13.7. The first kappa shape index (κ1) is 17.9. The lowest BCUT2D eigenvalue weighted by Crippen LogP contribution is -2.12. The largest absolute Gasteiger partial charge is 0.439 e. The van der Waals surface area contributed by atoms with Gasteiger partial charge in [-0.1, -0.05) is 22.0 Å². The maximum Gasteiger partial charge on any atom is 0.257 e. The van der Waals surface area contributed by atoms with Crippen LogP contribution >= 0.6 is 15.9 Å². The Bertz CT molecular complexity index is 1080. The molecule has 138 valence electrons. The molecule has 0 saturated heterocycles. The molecule has 0 aliphatic heterocycles. The summed E-state index contributed by atoms with van der Waals surface area (Å²) in [4.78, 5) is 23.9. The molecule has 2 heterocycles. The van der Waals surface area contributed by atoms with E-state index in [-0.39, 0.29) is 5.91 Å². The van der Waals surface area contributed by atoms with Gasteiger partial charge in [-0.25, -0.2) is 9.97 Å². The average Bonchev–Trinajstić information content (AvgIpc) is 3.24. The van der Waals surface area contributed by atoms with Crippen LogP contribution in [0.3, 0.4) is 0 Å². The van der Waals surface area contributed by atoms with E-state index in [4.69, 9.17) is 4.74 Å². The number of imidazole rings is 1. The predicted octanol–water partition coefficient (Wildman–Crippen LogP) is 5.28. The van der Waals surface area contributed by atoms with Gasteiger partial charge in [-0.3, -0.25) is 4.79 Å². The van der Waals surface area contributed by atoms with E-state index in [0.29, 0.717) is 22.9 Å². The van der Waals surface area contributed by atoms with Crippen molar-refractivity contribution < 1.29 is 9.53 Å². The molecule has 28 heavy (non-hydrogen) atoms. The monoisotopic (exact) mass is 434 g/mol. The molecule has 0 aliphatic carbocycles. The van der Waals surface area contributed by atoms with Crippen LogP contribution in [0.1, 0.15) is 10.4 Å². The van der Waals surface area contributed by atoms with E-state index in [1.165, 1.54) is 6.20 Å². The minimum Gasteiger partial charge on any atom is -0.439 e. The number of hydrogen-bond acceptors (Lipinski definition) is 4. The fourth-order valence-corrected chi connectivity index (χ4v) is 2.94. The van der Waals surface area contributed by atoms with Crippen molar-refractivity contribution in [3.05, 3.63) is 89.3 Å². The molecule has 0 saturated carbocycles. The molecule has 0 atom stereocenters. The number of ether oxygens (including phenoxy) is 1. The number of amides is 1. The van der Waals surface area contributed by atoms with Crippen molar-refractivity contribution in [2.24, 2.45) is 0 Å². The number of benzene rings is 2. The molecular formula is C21H15BrN4O2. The highest BCUT2D eigenvalue weighted by atomic mass is 79.9. The Morgan fingerprint density at radius 3 is 2.57 bits per heavy atom. The fraction of sp³-hybridized carbons (Fsp3) is 0. The number of halogens is 1. The van der Waals surface area contributed by atoms with Crippen molar-refractivity contribution >= 4 is 27.5 Å². The Morgan fingerprint density at radius 1 is 1.04 bits per heavy atom. The topological polar surface area (TPSA) is 79.9 Å². The second-order valence-electron chi connectivity index (χ2n) is 5.91. The quantitative estimate of drug-likeness (QED) is 0.447. The van der Waals surface area contributed by atoms with Crippen LogP contribution in [0.25, 0.3) is 11.4 Å². The third-order valence-electron chi connectivity index (χ3n) is 3.93. The summed E-state index contributed by atoms with van der Waals surface area (Å²) in [7, 11) is 0. The lowest BCUT2D eigenvalue weighted by atomic mass is 10.2. The van der Waals surface area contributed by atoms with Crippen molar-refractivity contribution in [1.29, 1.82) is 0 Å². The van der Waals surface area contributed by atoms with Crippen molar-refractivity contribution in [3.63, 3.8) is 0 Å². The molecule has 2 N–H and O–H groups in total. The Labute approximate surface area is 169 Å². The third kappa shape index (κ3) is 4.27. The van der Waals surface area contributed by atoms with Crippen LogP contribution in [-0.2, 0) is 0 Å². The summed E-state index contributed by atoms with van der Waals surface area (Å²) in [6.45, 7) is 0. The first-order valence-corrected chi connectivity index (χ1v) is 9.27. The second-order valence-corrected chi connectivity index (χ2v) is 6.83. The molecule has 0 spiro atoms. The maximum atomic E-state index is 12.4. The van der Waals surface area contributed by atoms with Gasteiger partial charge in [0.15, 0.2) is 0 Å². The van der Waals surface area contributed by atoms with Gasteiger partial charge in [-0.15, -0.1) is 0 Å². The van der Waals surface area contributed by atoms with Crippen LogP contribution in [0.15, 0.2) is 83.7 Å². The third-order valence-corrected chi connectivity index (χ3v) is 4.42. The van der Waals surface area contributed by atoms with Crippen LogP contribution in [0, 0.1) is 0 Å². The zero-order valence-corrected chi connectivity index (χ0v) is 16.2. The van der Waals surface area contributed by atoms with Gasteiger partial charge in [0.25, 0.3) is 5.91 Å². The zero-order valence-electron chi connectivity index (χ0n) is 14.6. The molecule has 0 unspecified atom stereocenters. The molecule has 0 bridgehead atoms. The Balaban J connectivity index is 1.40. The molecule has 0 radical (unpaired) electrons. The van der Waals surface area contributed by atoms with Crippen molar-refractivity contribution in [2.45, 2.75) is 0 Å². The normalized spacial score (nSPS) is 10.5. The van der Waals surface area contributed by atoms with E-state index in [2.05, 4.69) is 36.2 Å². The summed E-state index contributed by atoms with van der Waals surface area (Å²) in [6.07, 6.45) is 4.95. The van der Waals surface area contributed by atoms with Gasteiger partial charge in [-0.2, -0.15) is 0 Å². The highest BCUT2D eigenvalue weighted by molar-refractivity contribution is 9.10. The summed E-state index contributed by atoms with van der Waals surface area (Å²) in [5.41, 5.74) is 2.07. The number of aromatic amines is 1. The van der Waals surface area contributed by atoms with E-state index >= 15 is 0 Å². The lowest BCUT2D eigenvalue weighted by Gasteiger charge is -2.08. The number of nitrogens with one attached hydrogen (secondary N) is 2. The molecule has 0 aliphatic rings. The highest BCUT2D eigenvalue weighted by Crippen LogP contribution is 2.23. The number of carbonyl (C=O) groups is 1. The smallest absolute Gasteiger partial charge is 0.257 e. The number of H-pyrrole nitrogens is 1. The van der Waals surface area contributed by atoms with Gasteiger partial charge in [0, 0.05) is 40.4 Å². The van der Waals surface area contributed by atoms with Gasteiger partial charge in [0.2, 0.25) is 5.88 Å². The summed E-state index contributed by atoms with van der Waals surface area (Å²) < 4.78 is 6.59. The van der Waals surface area contributed by atoms with Gasteiger partial charge < -0.3 is 15.0 Å². The van der Waals surface area contributed by atoms with Crippen LogP contribution in [-0.4, -0.2) is 20.9 Å². The van der Waals surface area contributed by atoms with Crippen molar-refractivity contribution in [3.8, 4) is 23.0 Å². The number of hydrogen-bond donors (Lipinski definition) is 2. The van der Waals surface area contributed by atoms with Gasteiger partial charge in [-0.05, 0) is 48.5 Å². The van der Waals surface area contributed by atoms with Crippen LogP contribution in [0.4, 0.5) is 5.69 Å². The SMILES string of the molecule is O=C(Nc1ccc(-c2ncc[nH]2)cc1)c1ccc(Oc2cccc(Br)c2)nc1. The Morgan fingerprint density at radius 2 is 1.89 bits per heavy atom. The molecule has 4 rings (SSSR count). The maximum absolute atomic E-state index is 12.4. The minimum atomic E-state index is -0.243. The van der Waals surface area contributed by atoms with Crippen LogP contribution in [0.2, 0.25) is 0 Å². The van der Waals surface area contributed by atoms with Crippen LogP contribution < -0.4 is 10.1 Å². The molecule has 1 amide bonds. The molecule has 0 fully saturated rings. The Hall–Kier alpha value is -3.45. The lowest BCUT2D eigenvalue weighted by molar-refractivity contribution is 0.102. The first-order valence-electron chi connectivity index (χ1n) is 8.48. The molecule has 2 aromatic carbocycles. The predicted molar refractivity (Wildman–Crippen MR) is 110 cm³/mol. The second kappa shape index (κ2) is 8.06. The van der Waals surface area contributed by atoms with E-state index < -0.39 is 0 Å². The number of aromatic nitrogens is 3. The molecule has 6 nitrogen and oxygen atoms in total. The number of rotatable bonds is 5. The standard InChI is InChI=1S/C21H15BrN4O2/c22-16-2-1-3-18(12-16)28-19-9-6-15(13-25-19)21(27)26-17-7-4-14(5-8-17)20-23-10-11-24-20/h1-13H,(H,23,24)(H,26,27). The molecule has 4 aromatic rings. The van der Waals surface area contributed by atoms with Gasteiger partial charge in [0.1, 0.15) is 11.6 Å². The van der Waals surface area contributed by atoms with E-state index in [9.17, 15) is 4.79 Å². The zero-order chi connectivity index (χ0) is 19.3. The average molecular weight is 435 g/mol. The van der Waals surface area contributed by atoms with Crippen molar-refractivity contribution in [2.75, 3.05) is 5.32 Å². The fourth-order valence-electron chi connectivity index (χ4n) is 2.56. The van der Waals surface area contributed by atoms with Gasteiger partial charge in [0.05, 0.1) is 5.56 Å². The minimum absolute atomic E-state index is 0.243. The molecular weight excluding hydrogens is 420 g/mol. The molecule has 7 heteroatoms. The summed E-state index contributed by atoms with van der Waals surface area (Å²) in [6, 6.07) is 18.2. The van der Waals surface area contributed by atoms with Gasteiger partial charge >= 0.3 is 0 Å². The number of pyridine rings is 1. The Kier molecular flexibility index (Phi) is 5.16. The van der Waals surface area contributed by atoms with Crippen LogP contribution in [0.5, 0.6) is 11.6 Å². The number of anilines is 1. The summed E-state index contributed by atoms with van der Waals surface area (Å²) >= 11 is 3.39. The van der Waals surface area contributed by atoms with E-state index in [1.807, 2.05) is 48.5 Å². The highest BCUT2D eigenvalue weighted by Gasteiger charge is 2.08. The van der Waals surface area contributed by atoms with E-state index in [1.54, 1.807) is 24.5 Å². The van der Waals surface area contributed by atoms with Crippen molar-refractivity contribution in [1.82, 2.24) is 15.0 Å². The van der Waals surface area contributed by atoms with E-state index in [0.717, 1.165) is 15.9 Å². The number of carbonyl (C=O) groups excluding carboxylic acids is 1. The molecule has 2 aromatic heterocycles. The number of nitrogens with zero attached hydrogens (tertiary/aromatic N) is 2. The summed E-state index contributed by atoms with van der Waals surface area (Å²) in [5.74, 6) is 1.61.